The number of aryl methyl sites for hydroxylation is 2. The predicted octanol–water partition coefficient (Wildman–Crippen LogP) is 3.13. The number of aliphatic hydroxyl groups excluding tert-OH is 1. The highest BCUT2D eigenvalue weighted by atomic mass is 16.5. The summed E-state index contributed by atoms with van der Waals surface area (Å²) in [5, 5.41) is 15.0. The summed E-state index contributed by atoms with van der Waals surface area (Å²) in [7, 11) is 1.30. The quantitative estimate of drug-likeness (QED) is 0.422. The summed E-state index contributed by atoms with van der Waals surface area (Å²) in [6.45, 7) is 5.75. The van der Waals surface area contributed by atoms with Crippen molar-refractivity contribution in [3.05, 3.63) is 59.2 Å². The summed E-state index contributed by atoms with van der Waals surface area (Å²) in [6.07, 6.45) is 0.722. The molecule has 2 aromatic carbocycles. The highest BCUT2D eigenvalue weighted by Crippen LogP contribution is 2.42. The van der Waals surface area contributed by atoms with E-state index in [0.29, 0.717) is 0 Å². The number of anilines is 2. The maximum atomic E-state index is 13.5. The maximum Gasteiger partial charge on any atom is 0.322 e. The van der Waals surface area contributed by atoms with Gasteiger partial charge < -0.3 is 9.84 Å². The van der Waals surface area contributed by atoms with Crippen LogP contribution in [0.4, 0.5) is 11.4 Å². The molecule has 3 N–H and O–H groups in total. The molecule has 1 aliphatic heterocycles. The zero-order chi connectivity index (χ0) is 22.5. The lowest BCUT2D eigenvalue weighted by molar-refractivity contribution is -0.143. The Balaban J connectivity index is 1.90. The normalized spacial score (nSPS) is 17.3. The average Bonchev–Trinajstić information content (AvgIpc) is 3.04. The summed E-state index contributed by atoms with van der Waals surface area (Å²) in [4.78, 5) is 25.1. The van der Waals surface area contributed by atoms with E-state index >= 15 is 0 Å². The van der Waals surface area contributed by atoms with Gasteiger partial charge in [-0.05, 0) is 42.5 Å². The van der Waals surface area contributed by atoms with Gasteiger partial charge in [0.05, 0.1) is 24.4 Å². The van der Waals surface area contributed by atoms with Crippen LogP contribution in [0.1, 0.15) is 49.8 Å². The molecule has 166 valence electrons. The van der Waals surface area contributed by atoms with Crippen molar-refractivity contribution in [2.45, 2.75) is 58.2 Å². The van der Waals surface area contributed by atoms with Crippen LogP contribution in [-0.2, 0) is 27.2 Å². The monoisotopic (exact) mass is 425 g/mol. The maximum absolute atomic E-state index is 13.5. The number of methoxy groups -OCH3 is 1. The molecule has 0 saturated carbocycles. The molecule has 0 spiro atoms. The molecule has 0 radical (unpaired) electrons. The van der Waals surface area contributed by atoms with Gasteiger partial charge in [-0.3, -0.25) is 20.3 Å². The number of amides is 1. The zero-order valence-corrected chi connectivity index (χ0v) is 18.5. The fourth-order valence-electron chi connectivity index (χ4n) is 4.07. The molecule has 31 heavy (non-hydrogen) atoms. The standard InChI is InChI=1S/C24H31N3O4/c1-5-16-10-7-8-13-20(16)26-27-22-17(6-2)11-9-12-18(22)19(23(27)29)14-21(28)25-15(3)24(30)31-4/h7-13,15,19,21,25-26,28H,5-6,14H2,1-4H3/t15-,19?,21?/m0/s1. The molecule has 7 heteroatoms. The third kappa shape index (κ3) is 4.73. The second-order valence-corrected chi connectivity index (χ2v) is 7.72. The second kappa shape index (κ2) is 9.94. The van der Waals surface area contributed by atoms with Gasteiger partial charge in [-0.15, -0.1) is 0 Å². The molecular formula is C24H31N3O4. The van der Waals surface area contributed by atoms with Crippen LogP contribution in [0, 0.1) is 0 Å². The first kappa shape index (κ1) is 22.8. The number of nitrogens with zero attached hydrogens (tertiary/aromatic N) is 1. The van der Waals surface area contributed by atoms with Gasteiger partial charge in [0, 0.05) is 6.42 Å². The molecule has 7 nitrogen and oxygen atoms in total. The Morgan fingerprint density at radius 2 is 1.81 bits per heavy atom. The van der Waals surface area contributed by atoms with Crippen LogP contribution in [0.2, 0.25) is 0 Å². The van der Waals surface area contributed by atoms with E-state index in [9.17, 15) is 14.7 Å². The number of fused-ring (bicyclic) bond motifs is 1. The second-order valence-electron chi connectivity index (χ2n) is 7.72. The van der Waals surface area contributed by atoms with E-state index < -0.39 is 24.2 Å². The molecule has 0 bridgehead atoms. The topological polar surface area (TPSA) is 90.9 Å². The largest absolute Gasteiger partial charge is 0.468 e. The molecule has 0 aromatic heterocycles. The average molecular weight is 426 g/mol. The molecule has 3 atom stereocenters. The van der Waals surface area contributed by atoms with E-state index in [-0.39, 0.29) is 12.3 Å². The van der Waals surface area contributed by atoms with Gasteiger partial charge in [0.25, 0.3) is 5.91 Å². The van der Waals surface area contributed by atoms with Crippen molar-refractivity contribution in [1.29, 1.82) is 0 Å². The van der Waals surface area contributed by atoms with Crippen LogP contribution in [-0.4, -0.2) is 36.4 Å². The van der Waals surface area contributed by atoms with Crippen molar-refractivity contribution in [2.24, 2.45) is 0 Å². The number of hydrazine groups is 1. The first-order valence-electron chi connectivity index (χ1n) is 10.7. The van der Waals surface area contributed by atoms with Crippen molar-refractivity contribution in [3.8, 4) is 0 Å². The number of carbonyl (C=O) groups excluding carboxylic acids is 2. The Kier molecular flexibility index (Phi) is 7.30. The number of aliphatic hydroxyl groups is 1. The van der Waals surface area contributed by atoms with Crippen LogP contribution in [0.15, 0.2) is 42.5 Å². The number of hydrogen-bond donors (Lipinski definition) is 3. The SMILES string of the molecule is CCc1ccccc1NN1C(=O)C(CC(O)N[C@@H](C)C(=O)OC)c2cccc(CC)c21. The van der Waals surface area contributed by atoms with Crippen molar-refractivity contribution in [2.75, 3.05) is 17.5 Å². The molecule has 0 saturated heterocycles. The Bertz CT molecular complexity index is 946. The number of ether oxygens (including phenoxy) is 1. The number of carbonyl (C=O) groups is 2. The van der Waals surface area contributed by atoms with Gasteiger partial charge >= 0.3 is 5.97 Å². The first-order chi connectivity index (χ1) is 14.9. The van der Waals surface area contributed by atoms with E-state index in [2.05, 4.69) is 24.6 Å². The summed E-state index contributed by atoms with van der Waals surface area (Å²) in [6, 6.07) is 13.1. The highest BCUT2D eigenvalue weighted by molar-refractivity contribution is 6.07. The van der Waals surface area contributed by atoms with Gasteiger partial charge in [0.15, 0.2) is 0 Å². The summed E-state index contributed by atoms with van der Waals surface area (Å²) in [5.41, 5.74) is 8.09. The van der Waals surface area contributed by atoms with Crippen LogP contribution in [0.5, 0.6) is 0 Å². The fourth-order valence-corrected chi connectivity index (χ4v) is 4.07. The molecule has 1 heterocycles. The Hall–Kier alpha value is -2.90. The number of esters is 1. The first-order valence-corrected chi connectivity index (χ1v) is 10.7. The van der Waals surface area contributed by atoms with E-state index in [1.165, 1.54) is 7.11 Å². The van der Waals surface area contributed by atoms with Crippen LogP contribution in [0.3, 0.4) is 0 Å². The van der Waals surface area contributed by atoms with Gasteiger partial charge in [-0.25, -0.2) is 5.01 Å². The zero-order valence-electron chi connectivity index (χ0n) is 18.5. The smallest absolute Gasteiger partial charge is 0.322 e. The van der Waals surface area contributed by atoms with E-state index in [0.717, 1.165) is 40.9 Å². The van der Waals surface area contributed by atoms with Crippen LogP contribution in [0.25, 0.3) is 0 Å². The van der Waals surface area contributed by atoms with E-state index in [1.807, 2.05) is 42.5 Å². The van der Waals surface area contributed by atoms with Crippen molar-refractivity contribution in [1.82, 2.24) is 5.32 Å². The minimum absolute atomic E-state index is 0.131. The van der Waals surface area contributed by atoms with Crippen LogP contribution < -0.4 is 15.8 Å². The minimum atomic E-state index is -1.04. The van der Waals surface area contributed by atoms with Gasteiger partial charge in [0.1, 0.15) is 12.3 Å². The van der Waals surface area contributed by atoms with Gasteiger partial charge in [0.2, 0.25) is 0 Å². The Labute approximate surface area is 183 Å². The van der Waals surface area contributed by atoms with Crippen molar-refractivity contribution in [3.63, 3.8) is 0 Å². The molecule has 0 fully saturated rings. The lowest BCUT2D eigenvalue weighted by atomic mass is 9.94. The lowest BCUT2D eigenvalue weighted by Crippen LogP contribution is -2.43. The van der Waals surface area contributed by atoms with Crippen molar-refractivity contribution >= 4 is 23.3 Å². The fraction of sp³-hybridized carbons (Fsp3) is 0.417. The molecule has 2 aromatic rings. The predicted molar refractivity (Wildman–Crippen MR) is 121 cm³/mol. The summed E-state index contributed by atoms with van der Waals surface area (Å²) >= 11 is 0. The third-order valence-corrected chi connectivity index (χ3v) is 5.74. The van der Waals surface area contributed by atoms with E-state index in [1.54, 1.807) is 11.9 Å². The number of nitrogens with one attached hydrogen (secondary N) is 2. The number of hydrogen-bond acceptors (Lipinski definition) is 6. The minimum Gasteiger partial charge on any atom is -0.468 e. The molecule has 2 unspecified atom stereocenters. The molecule has 1 amide bonds. The lowest BCUT2D eigenvalue weighted by Gasteiger charge is -2.24. The molecule has 3 rings (SSSR count). The summed E-state index contributed by atoms with van der Waals surface area (Å²) < 4.78 is 4.70. The van der Waals surface area contributed by atoms with Gasteiger partial charge in [-0.1, -0.05) is 50.2 Å². The summed E-state index contributed by atoms with van der Waals surface area (Å²) in [5.74, 6) is -1.13. The molecule has 0 aliphatic carbocycles. The highest BCUT2D eigenvalue weighted by Gasteiger charge is 2.40. The number of para-hydroxylation sites is 2. The molecule has 1 aliphatic rings. The number of rotatable bonds is 9. The van der Waals surface area contributed by atoms with Gasteiger partial charge in [-0.2, -0.15) is 0 Å². The third-order valence-electron chi connectivity index (χ3n) is 5.74. The van der Waals surface area contributed by atoms with Crippen LogP contribution >= 0.6 is 0 Å². The Morgan fingerprint density at radius 1 is 1.13 bits per heavy atom. The number of benzene rings is 2. The Morgan fingerprint density at radius 3 is 2.48 bits per heavy atom. The van der Waals surface area contributed by atoms with E-state index in [4.69, 9.17) is 4.74 Å². The molecular weight excluding hydrogens is 394 g/mol. The van der Waals surface area contributed by atoms with Crippen molar-refractivity contribution < 1.29 is 19.4 Å².